The molecule has 4 aromatic carbocycles. The van der Waals surface area contributed by atoms with Gasteiger partial charge in [0.15, 0.2) is 6.29 Å². The molecule has 2 N–H and O–H groups in total. The Kier molecular flexibility index (Phi) is 8.34. The number of aromatic nitrogens is 2. The summed E-state index contributed by atoms with van der Waals surface area (Å²) in [4.78, 5) is 22.8. The van der Waals surface area contributed by atoms with Crippen molar-refractivity contribution in [2.75, 3.05) is 11.1 Å². The molecule has 6 rings (SSSR count). The Hall–Kier alpha value is -4.08. The number of carbonyl (C=O) groups is 1. The van der Waals surface area contributed by atoms with Gasteiger partial charge in [0.2, 0.25) is 0 Å². The van der Waals surface area contributed by atoms with E-state index in [-0.39, 0.29) is 30.4 Å². The van der Waals surface area contributed by atoms with E-state index in [2.05, 4.69) is 27.4 Å². The highest BCUT2D eigenvalue weighted by molar-refractivity contribution is 7.99. The number of para-hydroxylation sites is 2. The second-order valence-electron chi connectivity index (χ2n) is 9.79. The van der Waals surface area contributed by atoms with Gasteiger partial charge in [-0.05, 0) is 47.5 Å². The summed E-state index contributed by atoms with van der Waals surface area (Å²) in [6, 6.07) is 33.1. The second-order valence-corrected chi connectivity index (χ2v) is 10.9. The fourth-order valence-corrected chi connectivity index (χ4v) is 5.66. The van der Waals surface area contributed by atoms with Crippen molar-refractivity contribution >= 4 is 34.4 Å². The summed E-state index contributed by atoms with van der Waals surface area (Å²) < 4.78 is 12.9. The maximum atomic E-state index is 12.8. The summed E-state index contributed by atoms with van der Waals surface area (Å²) in [7, 11) is 0. The van der Waals surface area contributed by atoms with E-state index in [1.807, 2.05) is 91.0 Å². The Morgan fingerprint density at radius 3 is 2.32 bits per heavy atom. The average molecular weight is 564 g/mol. The summed E-state index contributed by atoms with van der Waals surface area (Å²) in [5.41, 5.74) is 5.07. The number of nitrogens with zero attached hydrogens (tertiary/aromatic N) is 2. The highest BCUT2D eigenvalue weighted by atomic mass is 32.2. The number of thioether (sulfide) groups is 1. The van der Waals surface area contributed by atoms with Crippen LogP contribution in [0.15, 0.2) is 114 Å². The van der Waals surface area contributed by atoms with Crippen molar-refractivity contribution in [3.8, 4) is 0 Å². The van der Waals surface area contributed by atoms with Crippen LogP contribution >= 0.6 is 11.8 Å². The normalized spacial score (nSPS) is 18.7. The lowest BCUT2D eigenvalue weighted by Gasteiger charge is -2.36. The van der Waals surface area contributed by atoms with Gasteiger partial charge in [-0.25, -0.2) is 4.98 Å². The molecule has 1 aliphatic rings. The van der Waals surface area contributed by atoms with Crippen LogP contribution in [0.3, 0.4) is 0 Å². The first-order chi connectivity index (χ1) is 20.1. The summed E-state index contributed by atoms with van der Waals surface area (Å²) in [6.07, 6.45) is 1.44. The third-order valence-corrected chi connectivity index (χ3v) is 8.06. The summed E-state index contributed by atoms with van der Waals surface area (Å²) in [5.74, 6) is 0.460. The number of hydrogen-bond acceptors (Lipinski definition) is 7. The minimum Gasteiger partial charge on any atom is -0.392 e. The molecule has 206 valence electrons. The van der Waals surface area contributed by atoms with Crippen molar-refractivity contribution in [2.24, 2.45) is 0 Å². The number of aliphatic hydroxyl groups is 1. The SMILES string of the molecule is O=C(Nc1ccc([C@@H]2O[C@H](CSc3ccccc3)C[C@H](c3ccc(CO)cc3)O2)cc1)c1cnc2ccccc2n1. The number of rotatable bonds is 8. The van der Waals surface area contributed by atoms with Gasteiger partial charge < -0.3 is 19.9 Å². The fraction of sp³-hybridized carbons (Fsp3) is 0.182. The summed E-state index contributed by atoms with van der Waals surface area (Å²) >= 11 is 1.76. The molecule has 2 heterocycles. The zero-order chi connectivity index (χ0) is 28.0. The van der Waals surface area contributed by atoms with Crippen LogP contribution in [-0.2, 0) is 16.1 Å². The Morgan fingerprint density at radius 2 is 1.56 bits per heavy atom. The first-order valence-corrected chi connectivity index (χ1v) is 14.4. The van der Waals surface area contributed by atoms with Gasteiger partial charge in [-0.3, -0.25) is 9.78 Å². The molecule has 8 heteroatoms. The number of ether oxygens (including phenoxy) is 2. The molecule has 1 aromatic heterocycles. The Labute approximate surface area is 242 Å². The largest absolute Gasteiger partial charge is 0.392 e. The topological polar surface area (TPSA) is 93.6 Å². The number of fused-ring (bicyclic) bond motifs is 1. The van der Waals surface area contributed by atoms with Gasteiger partial charge in [-0.1, -0.05) is 66.7 Å². The van der Waals surface area contributed by atoms with Crippen molar-refractivity contribution in [2.45, 2.75) is 36.4 Å². The molecule has 1 fully saturated rings. The first kappa shape index (κ1) is 27.1. The number of amides is 1. The molecule has 3 atom stereocenters. The van der Waals surface area contributed by atoms with Crippen LogP contribution in [0.5, 0.6) is 0 Å². The summed E-state index contributed by atoms with van der Waals surface area (Å²) in [5, 5.41) is 12.3. The van der Waals surface area contributed by atoms with E-state index in [4.69, 9.17) is 9.47 Å². The van der Waals surface area contributed by atoms with Crippen LogP contribution in [-0.4, -0.2) is 32.8 Å². The van der Waals surface area contributed by atoms with Gasteiger partial charge in [0.1, 0.15) is 5.69 Å². The third kappa shape index (κ3) is 6.64. The van der Waals surface area contributed by atoms with Gasteiger partial charge in [0.25, 0.3) is 5.91 Å². The molecule has 0 saturated carbocycles. The van der Waals surface area contributed by atoms with Crippen LogP contribution in [0.2, 0.25) is 0 Å². The van der Waals surface area contributed by atoms with E-state index in [1.54, 1.807) is 11.8 Å². The van der Waals surface area contributed by atoms with Crippen molar-refractivity contribution in [3.05, 3.63) is 132 Å². The van der Waals surface area contributed by atoms with E-state index in [0.29, 0.717) is 11.2 Å². The zero-order valence-electron chi connectivity index (χ0n) is 22.2. The minimum absolute atomic E-state index is 0.00417. The molecule has 0 spiro atoms. The molecule has 7 nitrogen and oxygen atoms in total. The molecule has 41 heavy (non-hydrogen) atoms. The lowest BCUT2D eigenvalue weighted by molar-refractivity contribution is -0.245. The van der Waals surface area contributed by atoms with Gasteiger partial charge in [-0.15, -0.1) is 11.8 Å². The standard InChI is InChI=1S/C33H29N3O4S/c37-20-22-10-12-23(13-11-22)31-18-26(21-41-27-6-2-1-3-7-27)39-33(40-31)24-14-16-25(17-15-24)35-32(38)30-19-34-28-8-4-5-9-29(28)36-30/h1-17,19,26,31,33,37H,18,20-21H2,(H,35,38)/t26-,31+,33+/m0/s1. The molecule has 1 amide bonds. The van der Waals surface area contributed by atoms with Crippen LogP contribution in [0.1, 0.15) is 46.0 Å². The maximum Gasteiger partial charge on any atom is 0.275 e. The van der Waals surface area contributed by atoms with Gasteiger partial charge >= 0.3 is 0 Å². The van der Waals surface area contributed by atoms with Crippen molar-refractivity contribution < 1.29 is 19.4 Å². The molecular formula is C33H29N3O4S. The molecular weight excluding hydrogens is 534 g/mol. The Balaban J connectivity index is 1.17. The first-order valence-electron chi connectivity index (χ1n) is 13.5. The van der Waals surface area contributed by atoms with E-state index in [1.165, 1.54) is 11.1 Å². The number of carbonyl (C=O) groups excluding carboxylic acids is 1. The second kappa shape index (κ2) is 12.6. The number of benzene rings is 4. The lowest BCUT2D eigenvalue weighted by Crippen LogP contribution is -2.31. The zero-order valence-corrected chi connectivity index (χ0v) is 23.0. The van der Waals surface area contributed by atoms with Gasteiger partial charge in [-0.2, -0.15) is 0 Å². The lowest BCUT2D eigenvalue weighted by atomic mass is 10.0. The van der Waals surface area contributed by atoms with E-state index in [9.17, 15) is 9.90 Å². The predicted octanol–water partition coefficient (Wildman–Crippen LogP) is 6.71. The highest BCUT2D eigenvalue weighted by Gasteiger charge is 2.32. The highest BCUT2D eigenvalue weighted by Crippen LogP contribution is 2.39. The predicted molar refractivity (Wildman–Crippen MR) is 160 cm³/mol. The van der Waals surface area contributed by atoms with Gasteiger partial charge in [0, 0.05) is 28.3 Å². The van der Waals surface area contributed by atoms with Crippen molar-refractivity contribution in [3.63, 3.8) is 0 Å². The van der Waals surface area contributed by atoms with Crippen molar-refractivity contribution in [1.29, 1.82) is 0 Å². The number of aliphatic hydroxyl groups excluding tert-OH is 1. The molecule has 5 aromatic rings. The van der Waals surface area contributed by atoms with Crippen LogP contribution in [0.25, 0.3) is 11.0 Å². The fourth-order valence-electron chi connectivity index (χ4n) is 4.71. The molecule has 1 aliphatic heterocycles. The third-order valence-electron chi connectivity index (χ3n) is 6.92. The van der Waals surface area contributed by atoms with E-state index >= 15 is 0 Å². The van der Waals surface area contributed by atoms with Crippen LogP contribution < -0.4 is 5.32 Å². The molecule has 1 saturated heterocycles. The molecule has 0 unspecified atom stereocenters. The Morgan fingerprint density at radius 1 is 0.854 bits per heavy atom. The monoisotopic (exact) mass is 563 g/mol. The maximum absolute atomic E-state index is 12.8. The quantitative estimate of drug-likeness (QED) is 0.203. The number of anilines is 1. The summed E-state index contributed by atoms with van der Waals surface area (Å²) in [6.45, 7) is 0.00417. The van der Waals surface area contributed by atoms with E-state index in [0.717, 1.165) is 34.4 Å². The number of nitrogens with one attached hydrogen (secondary N) is 1. The molecule has 0 radical (unpaired) electrons. The molecule has 0 bridgehead atoms. The van der Waals surface area contributed by atoms with Crippen LogP contribution in [0.4, 0.5) is 5.69 Å². The smallest absolute Gasteiger partial charge is 0.275 e. The minimum atomic E-state index is -0.566. The van der Waals surface area contributed by atoms with Crippen molar-refractivity contribution in [1.82, 2.24) is 9.97 Å². The number of hydrogen-bond donors (Lipinski definition) is 2. The average Bonchev–Trinajstić information content (AvgIpc) is 3.04. The molecule has 0 aliphatic carbocycles. The van der Waals surface area contributed by atoms with E-state index < -0.39 is 6.29 Å². The van der Waals surface area contributed by atoms with Gasteiger partial charge in [0.05, 0.1) is 36.0 Å². The van der Waals surface area contributed by atoms with Crippen LogP contribution in [0, 0.1) is 0 Å². The Bertz CT molecular complexity index is 1610.